The lowest BCUT2D eigenvalue weighted by Gasteiger charge is -2.36. The third-order valence-corrected chi connectivity index (χ3v) is 6.98. The lowest BCUT2D eigenvalue weighted by Crippen LogP contribution is -2.56. The van der Waals surface area contributed by atoms with Crippen molar-refractivity contribution in [3.05, 3.63) is 72.2 Å². The molecular weight excluding hydrogens is 502 g/mol. The molecule has 198 valence electrons. The molecule has 1 saturated carbocycles. The van der Waals surface area contributed by atoms with Crippen molar-refractivity contribution in [1.29, 1.82) is 0 Å². The number of nitrogens with one attached hydrogen (secondary N) is 1. The van der Waals surface area contributed by atoms with Crippen LogP contribution in [-0.2, 0) is 0 Å². The predicted octanol–water partition coefficient (Wildman–Crippen LogP) is 4.22. The van der Waals surface area contributed by atoms with Crippen molar-refractivity contribution in [3.63, 3.8) is 0 Å². The molecule has 1 saturated heterocycles. The van der Waals surface area contributed by atoms with Crippen LogP contribution in [0.4, 0.5) is 8.78 Å². The number of aliphatic hydroxyl groups is 1. The second-order valence-corrected chi connectivity index (χ2v) is 9.41. The molecule has 2 aliphatic rings. The van der Waals surface area contributed by atoms with E-state index in [0.29, 0.717) is 31.0 Å². The van der Waals surface area contributed by atoms with Gasteiger partial charge in [-0.05, 0) is 12.8 Å². The van der Waals surface area contributed by atoms with Crippen LogP contribution in [-0.4, -0.2) is 63.9 Å². The van der Waals surface area contributed by atoms with E-state index in [-0.39, 0.29) is 42.8 Å². The van der Waals surface area contributed by atoms with E-state index in [9.17, 15) is 18.7 Å². The normalized spacial score (nSPS) is 21.8. The van der Waals surface area contributed by atoms with Gasteiger partial charge in [0.05, 0.1) is 30.2 Å². The Bertz CT molecular complexity index is 1190. The Morgan fingerprint density at radius 3 is 2.57 bits per heavy atom. The first-order valence-corrected chi connectivity index (χ1v) is 12.4. The highest BCUT2D eigenvalue weighted by molar-refractivity contribution is 5.98. The summed E-state index contributed by atoms with van der Waals surface area (Å²) in [6, 6.07) is 12.2. The number of nitrogens with zero attached hydrogens (tertiary/aromatic N) is 3. The fourth-order valence-electron chi connectivity index (χ4n) is 5.18. The molecule has 3 atom stereocenters. The Hall–Kier alpha value is -3.01. The van der Waals surface area contributed by atoms with Gasteiger partial charge >= 0.3 is 0 Å². The molecule has 7 nitrogen and oxygen atoms in total. The topological polar surface area (TPSA) is 79.6 Å². The van der Waals surface area contributed by atoms with Gasteiger partial charge in [0.25, 0.3) is 5.91 Å². The zero-order valence-electron chi connectivity index (χ0n) is 20.4. The van der Waals surface area contributed by atoms with Gasteiger partial charge in [-0.3, -0.25) is 4.79 Å². The van der Waals surface area contributed by atoms with Crippen LogP contribution in [0.5, 0.6) is 5.75 Å². The predicted molar refractivity (Wildman–Crippen MR) is 138 cm³/mol. The number of rotatable bonds is 6. The molecule has 2 N–H and O–H groups in total. The van der Waals surface area contributed by atoms with E-state index in [0.717, 1.165) is 49.4 Å². The second-order valence-electron chi connectivity index (χ2n) is 9.41. The summed E-state index contributed by atoms with van der Waals surface area (Å²) in [5, 5.41) is 14.0. The molecule has 2 fully saturated rings. The maximum Gasteiger partial charge on any atom is 0.275 e. The maximum atomic E-state index is 13.9. The van der Waals surface area contributed by atoms with Gasteiger partial charge < -0.3 is 24.6 Å². The molecule has 1 aliphatic heterocycles. The summed E-state index contributed by atoms with van der Waals surface area (Å²) in [4.78, 5) is 20.2. The van der Waals surface area contributed by atoms with Gasteiger partial charge in [0, 0.05) is 43.4 Å². The molecular formula is C27H31ClF2N4O3. The molecule has 0 unspecified atom stereocenters. The van der Waals surface area contributed by atoms with Crippen LogP contribution >= 0.6 is 12.4 Å². The quantitative estimate of drug-likeness (QED) is 0.497. The van der Waals surface area contributed by atoms with E-state index in [2.05, 4.69) is 10.3 Å². The minimum absolute atomic E-state index is 0. The Labute approximate surface area is 220 Å². The third-order valence-electron chi connectivity index (χ3n) is 6.98. The Morgan fingerprint density at radius 2 is 1.84 bits per heavy atom. The number of piperazine rings is 1. The smallest absolute Gasteiger partial charge is 0.275 e. The molecule has 1 aromatic heterocycles. The van der Waals surface area contributed by atoms with E-state index in [1.165, 1.54) is 0 Å². The second kappa shape index (κ2) is 12.0. The van der Waals surface area contributed by atoms with Gasteiger partial charge in [-0.1, -0.05) is 43.2 Å². The first-order valence-electron chi connectivity index (χ1n) is 12.4. The fraction of sp³-hybridized carbons (Fsp3) is 0.407. The van der Waals surface area contributed by atoms with Gasteiger partial charge in [-0.15, -0.1) is 12.4 Å². The summed E-state index contributed by atoms with van der Waals surface area (Å²) in [5.41, 5.74) is 1.87. The van der Waals surface area contributed by atoms with Crippen molar-refractivity contribution < 1.29 is 23.4 Å². The van der Waals surface area contributed by atoms with Crippen molar-refractivity contribution in [2.45, 2.75) is 43.9 Å². The fourth-order valence-corrected chi connectivity index (χ4v) is 5.18. The summed E-state index contributed by atoms with van der Waals surface area (Å²) in [6.07, 6.45) is 4.70. The lowest BCUT2D eigenvalue weighted by atomic mass is 9.92. The lowest BCUT2D eigenvalue weighted by molar-refractivity contribution is 0.0552. The van der Waals surface area contributed by atoms with Crippen LogP contribution in [0.3, 0.4) is 0 Å². The van der Waals surface area contributed by atoms with E-state index >= 15 is 0 Å². The van der Waals surface area contributed by atoms with Crippen LogP contribution in [0.1, 0.15) is 42.2 Å². The van der Waals surface area contributed by atoms with Crippen molar-refractivity contribution >= 4 is 18.3 Å². The van der Waals surface area contributed by atoms with Gasteiger partial charge in [-0.2, -0.15) is 0 Å². The summed E-state index contributed by atoms with van der Waals surface area (Å²) in [5.74, 6) is -1.60. The monoisotopic (exact) mass is 532 g/mol. The largest absolute Gasteiger partial charge is 0.491 e. The number of benzene rings is 2. The first kappa shape index (κ1) is 27.0. The van der Waals surface area contributed by atoms with E-state index < -0.39 is 17.7 Å². The third kappa shape index (κ3) is 5.95. The molecule has 0 bridgehead atoms. The zero-order valence-corrected chi connectivity index (χ0v) is 21.2. The summed E-state index contributed by atoms with van der Waals surface area (Å²) in [7, 11) is 0. The number of carbonyl (C=O) groups is 1. The highest BCUT2D eigenvalue weighted by Crippen LogP contribution is 2.35. The minimum Gasteiger partial charge on any atom is -0.491 e. The van der Waals surface area contributed by atoms with Crippen LogP contribution in [0.15, 0.2) is 54.9 Å². The zero-order chi connectivity index (χ0) is 25.1. The van der Waals surface area contributed by atoms with Crippen LogP contribution in [0.2, 0.25) is 0 Å². The Balaban J connectivity index is 0.00000320. The number of ether oxygens (including phenoxy) is 1. The summed E-state index contributed by atoms with van der Waals surface area (Å²) < 4.78 is 34.8. The van der Waals surface area contributed by atoms with Crippen molar-refractivity contribution in [3.8, 4) is 17.0 Å². The van der Waals surface area contributed by atoms with E-state index in [1.807, 2.05) is 34.9 Å². The number of imidazole rings is 1. The van der Waals surface area contributed by atoms with Crippen molar-refractivity contribution in [2.24, 2.45) is 0 Å². The average molecular weight is 533 g/mol. The van der Waals surface area contributed by atoms with Crippen LogP contribution in [0, 0.1) is 11.6 Å². The van der Waals surface area contributed by atoms with Gasteiger partial charge in [-0.25, -0.2) is 13.8 Å². The van der Waals surface area contributed by atoms with Gasteiger partial charge in [0.15, 0.2) is 5.69 Å². The molecule has 0 spiro atoms. The molecule has 10 heteroatoms. The van der Waals surface area contributed by atoms with Gasteiger partial charge in [0.1, 0.15) is 24.0 Å². The first-order chi connectivity index (χ1) is 17.5. The molecule has 1 amide bonds. The Morgan fingerprint density at radius 1 is 1.11 bits per heavy atom. The summed E-state index contributed by atoms with van der Waals surface area (Å²) >= 11 is 0. The highest BCUT2D eigenvalue weighted by Gasteiger charge is 2.34. The molecule has 3 aromatic rings. The number of hydrogen-bond donors (Lipinski definition) is 2. The number of hydrogen-bond acceptors (Lipinski definition) is 5. The molecule has 1 aliphatic carbocycles. The van der Waals surface area contributed by atoms with Crippen LogP contribution in [0.25, 0.3) is 11.3 Å². The van der Waals surface area contributed by atoms with Crippen molar-refractivity contribution in [1.82, 2.24) is 19.8 Å². The number of aromatic nitrogens is 2. The highest BCUT2D eigenvalue weighted by atomic mass is 35.5. The van der Waals surface area contributed by atoms with E-state index in [1.54, 1.807) is 11.2 Å². The molecule has 5 rings (SSSR count). The number of aliphatic hydroxyl groups excluding tert-OH is 1. The SMILES string of the molecule is Cl.O=C(c1ncn([C@H]2CCCC[C@H]2O)c1-c1ccccc1)N1CCNC[C@H]1COc1cc(F)cc(F)c1. The molecule has 2 aromatic carbocycles. The maximum absolute atomic E-state index is 13.9. The minimum atomic E-state index is -0.720. The number of halogens is 3. The molecule has 2 heterocycles. The van der Waals surface area contributed by atoms with E-state index in [4.69, 9.17) is 4.74 Å². The molecule has 37 heavy (non-hydrogen) atoms. The van der Waals surface area contributed by atoms with Crippen LogP contribution < -0.4 is 10.1 Å². The Kier molecular flexibility index (Phi) is 8.79. The summed E-state index contributed by atoms with van der Waals surface area (Å²) in [6.45, 7) is 1.60. The van der Waals surface area contributed by atoms with Crippen molar-refractivity contribution in [2.75, 3.05) is 26.2 Å². The standard InChI is InChI=1S/C27H30F2N4O3.ClH/c28-19-12-20(29)14-22(13-19)36-16-21-15-30-10-11-32(21)27(35)25-26(18-6-2-1-3-7-18)33(17-31-25)23-8-4-5-9-24(23)34;/h1-3,6-7,12-14,17,21,23-24,30,34H,4-5,8-11,15-16H2;1H/t21-,23-,24+;/m0./s1. The molecule has 0 radical (unpaired) electrons. The average Bonchev–Trinajstić information content (AvgIpc) is 3.32. The van der Waals surface area contributed by atoms with Gasteiger partial charge in [0.2, 0.25) is 0 Å². The number of amides is 1. The number of carbonyl (C=O) groups excluding carboxylic acids is 1.